The van der Waals surface area contributed by atoms with Crippen molar-refractivity contribution in [3.05, 3.63) is 64.8 Å². The minimum atomic E-state index is -1.11. The summed E-state index contributed by atoms with van der Waals surface area (Å²) in [5.74, 6) is -1.95. The number of hydrogen-bond acceptors (Lipinski definition) is 8. The average Bonchev–Trinajstić information content (AvgIpc) is 3.75. The molecular formula is C42H55ClN6O7. The third kappa shape index (κ3) is 10.9. The molecule has 2 aliphatic rings. The summed E-state index contributed by atoms with van der Waals surface area (Å²) < 4.78 is 5.28. The van der Waals surface area contributed by atoms with Crippen molar-refractivity contribution in [2.24, 2.45) is 16.5 Å². The number of fused-ring (bicyclic) bond motifs is 1. The highest BCUT2D eigenvalue weighted by atomic mass is 35.5. The number of ether oxygens (including phenoxy) is 1. The predicted molar refractivity (Wildman–Crippen MR) is 215 cm³/mol. The minimum absolute atomic E-state index is 0.0175. The molecule has 0 spiro atoms. The molecule has 13 nitrogen and oxygen atoms in total. The summed E-state index contributed by atoms with van der Waals surface area (Å²) in [5.41, 5.74) is 1.34. The van der Waals surface area contributed by atoms with Crippen molar-refractivity contribution in [3.8, 4) is 5.75 Å². The van der Waals surface area contributed by atoms with Crippen LogP contribution in [0.4, 0.5) is 0 Å². The maximum atomic E-state index is 14.5. The van der Waals surface area contributed by atoms with E-state index in [0.29, 0.717) is 23.6 Å². The SMILES string of the molecule is COc1ccc2c(CCNC(=O)C(=O)CNC(=O)[C@@H]3C[C@@](C)(O/N=C(\C)c4cccc(Cl)c4)CN3C(=O)[C@@H](NC(=O)CC3CCCCC3)C(C)(C)C)c[nH]c2c1. The highest BCUT2D eigenvalue weighted by Gasteiger charge is 2.51. The van der Waals surface area contributed by atoms with Crippen molar-refractivity contribution in [3.63, 3.8) is 0 Å². The Kier molecular flexibility index (Phi) is 13.8. The summed E-state index contributed by atoms with van der Waals surface area (Å²) in [4.78, 5) is 78.0. The van der Waals surface area contributed by atoms with Gasteiger partial charge in [-0.05, 0) is 74.3 Å². The van der Waals surface area contributed by atoms with Gasteiger partial charge in [0, 0.05) is 53.1 Å². The molecule has 2 heterocycles. The van der Waals surface area contributed by atoms with Gasteiger partial charge in [-0.1, -0.05) is 68.9 Å². The number of methoxy groups -OCH3 is 1. The van der Waals surface area contributed by atoms with Crippen LogP contribution in [0.2, 0.25) is 5.02 Å². The molecule has 0 radical (unpaired) electrons. The fourth-order valence-corrected chi connectivity index (χ4v) is 7.68. The number of nitrogens with one attached hydrogen (secondary N) is 4. The Hall–Kier alpha value is -4.91. The van der Waals surface area contributed by atoms with Crippen LogP contribution in [0.5, 0.6) is 5.75 Å². The van der Waals surface area contributed by atoms with Gasteiger partial charge in [-0.25, -0.2) is 0 Å². The number of rotatable bonds is 15. The largest absolute Gasteiger partial charge is 0.497 e. The first-order valence-corrected chi connectivity index (χ1v) is 19.8. The Labute approximate surface area is 333 Å². The van der Waals surface area contributed by atoms with Crippen LogP contribution in [0, 0.1) is 11.3 Å². The Morgan fingerprint density at radius 1 is 1.05 bits per heavy atom. The predicted octanol–water partition coefficient (Wildman–Crippen LogP) is 5.48. The van der Waals surface area contributed by atoms with Gasteiger partial charge < -0.3 is 35.4 Å². The van der Waals surface area contributed by atoms with Crippen molar-refractivity contribution in [2.45, 2.75) is 104 Å². The van der Waals surface area contributed by atoms with Gasteiger partial charge in [0.15, 0.2) is 5.60 Å². The average molecular weight is 791 g/mol. The Morgan fingerprint density at radius 2 is 1.80 bits per heavy atom. The number of aromatic nitrogens is 1. The monoisotopic (exact) mass is 790 g/mol. The topological polar surface area (TPSA) is 171 Å². The number of aromatic amines is 1. The first-order chi connectivity index (χ1) is 26.6. The summed E-state index contributed by atoms with van der Waals surface area (Å²) in [6, 6.07) is 10.8. The number of carbonyl (C=O) groups is 5. The molecule has 1 saturated carbocycles. The Bertz CT molecular complexity index is 1950. The third-order valence-electron chi connectivity index (χ3n) is 10.7. The van der Waals surface area contributed by atoms with Gasteiger partial charge in [0.2, 0.25) is 23.5 Å². The molecule has 2 aromatic carbocycles. The molecule has 1 aliphatic carbocycles. The summed E-state index contributed by atoms with van der Waals surface area (Å²) >= 11 is 6.19. The lowest BCUT2D eigenvalue weighted by atomic mass is 9.84. The smallest absolute Gasteiger partial charge is 0.289 e. The molecule has 1 saturated heterocycles. The fraction of sp³-hybridized carbons (Fsp3) is 0.524. The molecule has 4 amide bonds. The number of carbonyl (C=O) groups excluding carboxylic acids is 5. The molecule has 56 heavy (non-hydrogen) atoms. The van der Waals surface area contributed by atoms with E-state index in [9.17, 15) is 24.0 Å². The summed E-state index contributed by atoms with van der Waals surface area (Å²) in [6.07, 6.45) is 8.02. The molecule has 1 aromatic heterocycles. The summed E-state index contributed by atoms with van der Waals surface area (Å²) in [7, 11) is 1.60. The second-order valence-electron chi connectivity index (χ2n) is 16.4. The molecule has 14 heteroatoms. The lowest BCUT2D eigenvalue weighted by Crippen LogP contribution is -2.58. The molecule has 3 aromatic rings. The van der Waals surface area contributed by atoms with Gasteiger partial charge in [-0.15, -0.1) is 0 Å². The molecule has 1 aliphatic heterocycles. The van der Waals surface area contributed by atoms with Crippen LogP contribution in [0.25, 0.3) is 10.9 Å². The number of amides is 4. The van der Waals surface area contributed by atoms with E-state index < -0.39 is 53.1 Å². The molecule has 0 bridgehead atoms. The minimum Gasteiger partial charge on any atom is -0.497 e. The van der Waals surface area contributed by atoms with Crippen LogP contribution in [0.15, 0.2) is 53.8 Å². The van der Waals surface area contributed by atoms with Crippen LogP contribution < -0.4 is 20.7 Å². The third-order valence-corrected chi connectivity index (χ3v) is 10.9. The van der Waals surface area contributed by atoms with E-state index in [1.54, 1.807) is 39.2 Å². The number of hydrogen-bond donors (Lipinski definition) is 4. The maximum Gasteiger partial charge on any atom is 0.289 e. The fourth-order valence-electron chi connectivity index (χ4n) is 7.49. The van der Waals surface area contributed by atoms with Crippen LogP contribution in [0.3, 0.4) is 0 Å². The number of H-pyrrole nitrogens is 1. The zero-order valence-electron chi connectivity index (χ0n) is 33.3. The highest BCUT2D eigenvalue weighted by molar-refractivity contribution is 6.37. The van der Waals surface area contributed by atoms with Crippen molar-refractivity contribution in [2.75, 3.05) is 26.7 Å². The molecule has 0 unspecified atom stereocenters. The molecule has 302 valence electrons. The molecule has 2 fully saturated rings. The first kappa shape index (κ1) is 42.2. The number of likely N-dealkylation sites (tertiary alicyclic amines) is 1. The number of ketones is 1. The highest BCUT2D eigenvalue weighted by Crippen LogP contribution is 2.34. The van der Waals surface area contributed by atoms with Gasteiger partial charge in [0.1, 0.15) is 17.8 Å². The van der Waals surface area contributed by atoms with E-state index >= 15 is 0 Å². The van der Waals surface area contributed by atoms with Gasteiger partial charge in [-0.3, -0.25) is 24.0 Å². The number of oxime groups is 1. The van der Waals surface area contributed by atoms with Crippen molar-refractivity contribution in [1.29, 1.82) is 0 Å². The van der Waals surface area contributed by atoms with E-state index in [1.165, 1.54) is 11.3 Å². The number of nitrogens with zero attached hydrogens (tertiary/aromatic N) is 2. The van der Waals surface area contributed by atoms with Gasteiger partial charge in [0.25, 0.3) is 5.91 Å². The Balaban J connectivity index is 1.26. The van der Waals surface area contributed by atoms with Crippen molar-refractivity contribution in [1.82, 2.24) is 25.8 Å². The molecule has 5 rings (SSSR count). The van der Waals surface area contributed by atoms with Gasteiger partial charge in [0.05, 0.1) is 25.9 Å². The lowest BCUT2D eigenvalue weighted by molar-refractivity contribution is -0.144. The van der Waals surface area contributed by atoms with Crippen molar-refractivity contribution >= 4 is 57.6 Å². The normalized spacial score (nSPS) is 19.7. The van der Waals surface area contributed by atoms with Gasteiger partial charge in [-0.2, -0.15) is 0 Å². The first-order valence-electron chi connectivity index (χ1n) is 19.4. The van der Waals surface area contributed by atoms with E-state index in [4.69, 9.17) is 21.2 Å². The molecule has 4 N–H and O–H groups in total. The number of halogens is 1. The van der Waals surface area contributed by atoms with Crippen LogP contribution in [-0.2, 0) is 35.2 Å². The number of Topliss-reactive ketones (excluding diaryl/α,β-unsaturated/α-hetero) is 1. The van der Waals surface area contributed by atoms with Crippen LogP contribution in [0.1, 0.15) is 90.7 Å². The zero-order chi connectivity index (χ0) is 40.6. The van der Waals surface area contributed by atoms with E-state index in [1.807, 2.05) is 51.2 Å². The van der Waals surface area contributed by atoms with Crippen LogP contribution >= 0.6 is 11.6 Å². The molecule has 3 atom stereocenters. The zero-order valence-corrected chi connectivity index (χ0v) is 34.0. The lowest BCUT2D eigenvalue weighted by Gasteiger charge is -2.36. The van der Waals surface area contributed by atoms with E-state index in [-0.39, 0.29) is 31.3 Å². The standard InChI is InChI=1S/C42H55ClN6O7/c1-26(28-13-10-14-30(43)20-28)48-56-42(5)22-34(49(25-42)40(54)37(41(2,3)4)47-36(51)19-27-11-8-7-9-12-27)38(52)46-24-35(50)39(53)44-18-17-29-23-45-33-21-31(55-6)15-16-32(29)33/h10,13-16,20-21,23,27,34,37,45H,7-9,11-12,17-19,22,24-25H2,1-6H3,(H,44,53)(H,46,52)(H,47,51)/b48-26+/t34-,37+,42+/m0/s1. The molecular weight excluding hydrogens is 736 g/mol. The summed E-state index contributed by atoms with van der Waals surface area (Å²) in [5, 5.41) is 14.1. The maximum absolute atomic E-state index is 14.5. The van der Waals surface area contributed by atoms with E-state index in [2.05, 4.69) is 26.1 Å². The quantitative estimate of drug-likeness (QED) is 0.0898. The Morgan fingerprint density at radius 3 is 2.50 bits per heavy atom. The van der Waals surface area contributed by atoms with Gasteiger partial charge >= 0.3 is 0 Å². The van der Waals surface area contributed by atoms with Crippen LogP contribution in [-0.4, -0.2) is 89.4 Å². The van der Waals surface area contributed by atoms with Crippen molar-refractivity contribution < 1.29 is 33.5 Å². The van der Waals surface area contributed by atoms with E-state index in [0.717, 1.165) is 53.5 Å². The summed E-state index contributed by atoms with van der Waals surface area (Å²) in [6.45, 7) is 8.73. The second-order valence-corrected chi connectivity index (χ2v) is 16.8. The number of benzene rings is 2. The second kappa shape index (κ2) is 18.4.